The van der Waals surface area contributed by atoms with E-state index in [2.05, 4.69) is 59.0 Å². The second-order valence-electron chi connectivity index (χ2n) is 6.94. The van der Waals surface area contributed by atoms with E-state index in [1.807, 2.05) is 6.07 Å². The lowest BCUT2D eigenvalue weighted by molar-refractivity contribution is -0.722. The van der Waals surface area contributed by atoms with Crippen LogP contribution in [0.5, 0.6) is 5.75 Å². The summed E-state index contributed by atoms with van der Waals surface area (Å²) in [5, 5.41) is 12.1. The van der Waals surface area contributed by atoms with Gasteiger partial charge in [-0.3, -0.25) is 0 Å². The molecule has 3 nitrogen and oxygen atoms in total. The van der Waals surface area contributed by atoms with Crippen molar-refractivity contribution >= 4 is 0 Å². The second kappa shape index (κ2) is 7.09. The Balaban J connectivity index is 2.48. The molecule has 3 N–H and O–H groups in total. The van der Waals surface area contributed by atoms with Crippen molar-refractivity contribution in [1.82, 2.24) is 0 Å². The van der Waals surface area contributed by atoms with E-state index in [4.69, 9.17) is 4.74 Å². The molecule has 1 atom stereocenters. The molecule has 0 unspecified atom stereocenters. The molecule has 3 heteroatoms. The average Bonchev–Trinajstić information content (AvgIpc) is 2.32. The molecule has 0 spiro atoms. The molecule has 0 saturated heterocycles. The number of aliphatic hydroxyl groups excluding tert-OH is 1. The molecule has 0 amide bonds. The lowest BCUT2D eigenvalue weighted by Crippen LogP contribution is -2.96. The fourth-order valence-electron chi connectivity index (χ4n) is 2.14. The number of benzene rings is 1. The minimum atomic E-state index is -0.445. The fraction of sp³-hybridized carbons (Fsp3) is 0.647. The molecule has 0 fully saturated rings. The zero-order valence-electron chi connectivity index (χ0n) is 13.7. The highest BCUT2D eigenvalue weighted by Gasteiger charge is 2.16. The number of hydrogen-bond acceptors (Lipinski definition) is 2. The highest BCUT2D eigenvalue weighted by atomic mass is 16.5. The minimum Gasteiger partial charge on any atom is -0.491 e. The van der Waals surface area contributed by atoms with Crippen LogP contribution in [-0.2, 0) is 0 Å². The first-order valence-electron chi connectivity index (χ1n) is 7.45. The van der Waals surface area contributed by atoms with Crippen LogP contribution >= 0.6 is 0 Å². The summed E-state index contributed by atoms with van der Waals surface area (Å²) in [6.45, 7) is 13.9. The maximum absolute atomic E-state index is 9.93. The van der Waals surface area contributed by atoms with Crippen LogP contribution in [0.2, 0.25) is 0 Å². The molecular formula is C17H30NO2+. The number of nitrogens with two attached hydrogens (primary N) is 1. The molecule has 0 bridgehead atoms. The maximum Gasteiger partial charge on any atom is 0.137 e. The van der Waals surface area contributed by atoms with Crippen molar-refractivity contribution in [2.75, 3.05) is 13.2 Å². The third-order valence-corrected chi connectivity index (χ3v) is 3.31. The van der Waals surface area contributed by atoms with E-state index in [-0.39, 0.29) is 5.54 Å². The monoisotopic (exact) mass is 280 g/mol. The van der Waals surface area contributed by atoms with Gasteiger partial charge in [-0.25, -0.2) is 0 Å². The maximum atomic E-state index is 9.93. The van der Waals surface area contributed by atoms with Gasteiger partial charge >= 0.3 is 0 Å². The fourth-order valence-corrected chi connectivity index (χ4v) is 2.14. The van der Waals surface area contributed by atoms with Crippen LogP contribution in [0.15, 0.2) is 18.2 Å². The van der Waals surface area contributed by atoms with Crippen LogP contribution in [-0.4, -0.2) is 29.9 Å². The Bertz CT molecular complexity index is 421. The topological polar surface area (TPSA) is 46.1 Å². The average molecular weight is 280 g/mol. The number of quaternary nitrogens is 1. The number of hydrogen-bond donors (Lipinski definition) is 2. The Kier molecular flexibility index (Phi) is 6.03. The van der Waals surface area contributed by atoms with E-state index in [1.54, 1.807) is 0 Å². The molecule has 0 aliphatic carbocycles. The van der Waals surface area contributed by atoms with Crippen molar-refractivity contribution in [2.24, 2.45) is 0 Å². The lowest BCUT2D eigenvalue weighted by Gasteiger charge is -2.20. The number of ether oxygens (including phenoxy) is 1. The first-order chi connectivity index (χ1) is 9.19. The Morgan fingerprint density at radius 2 is 1.90 bits per heavy atom. The van der Waals surface area contributed by atoms with Gasteiger partial charge in [-0.05, 0) is 56.9 Å². The first kappa shape index (κ1) is 17.0. The normalized spacial score (nSPS) is 13.6. The zero-order chi connectivity index (χ0) is 15.3. The van der Waals surface area contributed by atoms with Crippen molar-refractivity contribution in [2.45, 2.75) is 59.1 Å². The van der Waals surface area contributed by atoms with Crippen molar-refractivity contribution < 1.29 is 15.2 Å². The quantitative estimate of drug-likeness (QED) is 0.839. The standard InChI is InChI=1S/C17H29NO2/c1-12(2)16-8-7-15(9-13(16)3)20-11-14(19)10-18-17(4,5)6/h7-9,12,14,18-19H,10-11H2,1-6H3/p+1/t14-/m1/s1. The first-order valence-corrected chi connectivity index (χ1v) is 7.45. The summed E-state index contributed by atoms with van der Waals surface area (Å²) in [4.78, 5) is 0. The van der Waals surface area contributed by atoms with Gasteiger partial charge in [0.15, 0.2) is 0 Å². The summed E-state index contributed by atoms with van der Waals surface area (Å²) in [6.07, 6.45) is -0.445. The molecule has 0 aliphatic heterocycles. The number of aliphatic hydroxyl groups is 1. The van der Waals surface area contributed by atoms with Crippen LogP contribution < -0.4 is 10.1 Å². The summed E-state index contributed by atoms with van der Waals surface area (Å²) >= 11 is 0. The molecule has 0 saturated carbocycles. The lowest BCUT2D eigenvalue weighted by atomic mass is 9.98. The van der Waals surface area contributed by atoms with E-state index in [0.717, 1.165) is 5.75 Å². The van der Waals surface area contributed by atoms with E-state index < -0.39 is 6.10 Å². The van der Waals surface area contributed by atoms with Crippen LogP contribution in [0.4, 0.5) is 0 Å². The molecule has 0 aromatic heterocycles. The molecule has 1 aromatic carbocycles. The van der Waals surface area contributed by atoms with Gasteiger partial charge in [0.25, 0.3) is 0 Å². The number of aryl methyl sites for hydroxylation is 1. The van der Waals surface area contributed by atoms with Crippen molar-refractivity contribution in [3.63, 3.8) is 0 Å². The summed E-state index contributed by atoms with van der Waals surface area (Å²) in [5.74, 6) is 1.36. The van der Waals surface area contributed by atoms with Crippen molar-refractivity contribution in [3.05, 3.63) is 29.3 Å². The van der Waals surface area contributed by atoms with Gasteiger partial charge < -0.3 is 15.2 Å². The largest absolute Gasteiger partial charge is 0.491 e. The summed E-state index contributed by atoms with van der Waals surface area (Å²) in [5.41, 5.74) is 2.73. The summed E-state index contributed by atoms with van der Waals surface area (Å²) < 4.78 is 5.68. The van der Waals surface area contributed by atoms with Gasteiger partial charge in [-0.2, -0.15) is 0 Å². The van der Waals surface area contributed by atoms with Gasteiger partial charge in [0, 0.05) is 0 Å². The van der Waals surface area contributed by atoms with Gasteiger partial charge in [0.2, 0.25) is 0 Å². The molecule has 114 valence electrons. The highest BCUT2D eigenvalue weighted by Crippen LogP contribution is 2.23. The molecule has 0 radical (unpaired) electrons. The Morgan fingerprint density at radius 3 is 2.40 bits per heavy atom. The van der Waals surface area contributed by atoms with Gasteiger partial charge in [-0.15, -0.1) is 0 Å². The SMILES string of the molecule is Cc1cc(OC[C@H](O)C[NH2+]C(C)(C)C)ccc1C(C)C. The Morgan fingerprint density at radius 1 is 1.25 bits per heavy atom. The van der Waals surface area contributed by atoms with Crippen LogP contribution in [0.3, 0.4) is 0 Å². The molecule has 20 heavy (non-hydrogen) atoms. The molecule has 1 rings (SSSR count). The smallest absolute Gasteiger partial charge is 0.137 e. The van der Waals surface area contributed by atoms with Crippen molar-refractivity contribution in [1.29, 1.82) is 0 Å². The van der Waals surface area contributed by atoms with E-state index in [0.29, 0.717) is 19.1 Å². The third kappa shape index (κ3) is 5.93. The summed E-state index contributed by atoms with van der Waals surface area (Å²) in [6, 6.07) is 6.15. The molecule has 0 heterocycles. The number of rotatable bonds is 6. The third-order valence-electron chi connectivity index (χ3n) is 3.31. The predicted octanol–water partition coefficient (Wildman–Crippen LogP) is 2.22. The molecular weight excluding hydrogens is 250 g/mol. The molecule has 0 aliphatic rings. The van der Waals surface area contributed by atoms with Gasteiger partial charge in [0.1, 0.15) is 25.0 Å². The summed E-state index contributed by atoms with van der Waals surface area (Å²) in [7, 11) is 0. The van der Waals surface area contributed by atoms with Crippen LogP contribution in [0, 0.1) is 6.92 Å². The second-order valence-corrected chi connectivity index (χ2v) is 6.94. The highest BCUT2D eigenvalue weighted by molar-refractivity contribution is 5.36. The van der Waals surface area contributed by atoms with Gasteiger partial charge in [-0.1, -0.05) is 19.9 Å². The Labute approximate surface area is 123 Å². The Hall–Kier alpha value is -1.06. The van der Waals surface area contributed by atoms with E-state index >= 15 is 0 Å². The minimum absolute atomic E-state index is 0.135. The van der Waals surface area contributed by atoms with Gasteiger partial charge in [0.05, 0.1) is 5.54 Å². The van der Waals surface area contributed by atoms with Crippen LogP contribution in [0.1, 0.15) is 51.7 Å². The predicted molar refractivity (Wildman–Crippen MR) is 83.3 cm³/mol. The van der Waals surface area contributed by atoms with Crippen LogP contribution in [0.25, 0.3) is 0 Å². The zero-order valence-corrected chi connectivity index (χ0v) is 13.7. The molecule has 1 aromatic rings. The van der Waals surface area contributed by atoms with E-state index in [1.165, 1.54) is 11.1 Å². The van der Waals surface area contributed by atoms with E-state index in [9.17, 15) is 5.11 Å². The van der Waals surface area contributed by atoms with Crippen molar-refractivity contribution in [3.8, 4) is 5.75 Å².